The monoisotopic (exact) mass is 332 g/mol. The SMILES string of the molecule is CCOC(=O)C1=C(C)S/C(=C\c2ccc(C(C)C)c(O)c2)C1=O. The second-order valence-electron chi connectivity index (χ2n) is 5.56. The van der Waals surface area contributed by atoms with Gasteiger partial charge >= 0.3 is 5.97 Å². The molecule has 1 N–H and O–H groups in total. The first kappa shape index (κ1) is 17.3. The number of carbonyl (C=O) groups excluding carboxylic acids is 2. The molecule has 0 unspecified atom stereocenters. The number of ketones is 1. The van der Waals surface area contributed by atoms with Gasteiger partial charge in [-0.25, -0.2) is 4.79 Å². The van der Waals surface area contributed by atoms with E-state index in [1.54, 1.807) is 26.0 Å². The van der Waals surface area contributed by atoms with Crippen LogP contribution in [0.15, 0.2) is 33.6 Å². The van der Waals surface area contributed by atoms with Gasteiger partial charge < -0.3 is 9.84 Å². The molecule has 23 heavy (non-hydrogen) atoms. The number of carbonyl (C=O) groups is 2. The molecule has 1 aliphatic heterocycles. The van der Waals surface area contributed by atoms with Crippen molar-refractivity contribution in [2.75, 3.05) is 6.61 Å². The number of phenolic OH excluding ortho intramolecular Hbond substituents is 1. The van der Waals surface area contributed by atoms with Crippen molar-refractivity contribution in [3.05, 3.63) is 44.7 Å². The zero-order valence-electron chi connectivity index (χ0n) is 13.7. The van der Waals surface area contributed by atoms with Crippen LogP contribution in [0, 0.1) is 0 Å². The van der Waals surface area contributed by atoms with E-state index in [1.165, 1.54) is 11.8 Å². The number of aromatic hydroxyl groups is 1. The lowest BCUT2D eigenvalue weighted by Gasteiger charge is -2.08. The molecule has 0 fully saturated rings. The van der Waals surface area contributed by atoms with E-state index in [-0.39, 0.29) is 29.6 Å². The van der Waals surface area contributed by atoms with E-state index in [0.29, 0.717) is 9.81 Å². The van der Waals surface area contributed by atoms with Crippen molar-refractivity contribution < 1.29 is 19.4 Å². The molecule has 0 aromatic heterocycles. The number of rotatable bonds is 4. The third-order valence-electron chi connectivity index (χ3n) is 3.52. The van der Waals surface area contributed by atoms with E-state index in [1.807, 2.05) is 26.0 Å². The second kappa shape index (κ2) is 7.04. The Bertz CT molecular complexity index is 714. The number of hydrogen-bond donors (Lipinski definition) is 1. The van der Waals surface area contributed by atoms with Gasteiger partial charge in [0.15, 0.2) is 0 Å². The van der Waals surface area contributed by atoms with Gasteiger partial charge in [-0.1, -0.05) is 37.7 Å². The largest absolute Gasteiger partial charge is 0.508 e. The summed E-state index contributed by atoms with van der Waals surface area (Å²) in [4.78, 5) is 25.3. The number of hydrogen-bond acceptors (Lipinski definition) is 5. The number of phenols is 1. The van der Waals surface area contributed by atoms with Crippen LogP contribution in [-0.2, 0) is 14.3 Å². The van der Waals surface area contributed by atoms with Crippen molar-refractivity contribution in [3.63, 3.8) is 0 Å². The maximum atomic E-state index is 12.4. The molecular weight excluding hydrogens is 312 g/mol. The summed E-state index contributed by atoms with van der Waals surface area (Å²) in [6.07, 6.45) is 1.69. The molecule has 1 aliphatic rings. The molecule has 1 aromatic rings. The van der Waals surface area contributed by atoms with E-state index in [9.17, 15) is 14.7 Å². The Morgan fingerprint density at radius 3 is 2.65 bits per heavy atom. The zero-order valence-corrected chi connectivity index (χ0v) is 14.5. The average Bonchev–Trinajstić information content (AvgIpc) is 2.73. The molecule has 122 valence electrons. The number of benzene rings is 1. The van der Waals surface area contributed by atoms with Crippen LogP contribution in [0.5, 0.6) is 5.75 Å². The predicted octanol–water partition coefficient (Wildman–Crippen LogP) is 4.01. The molecule has 1 aromatic carbocycles. The maximum Gasteiger partial charge on any atom is 0.342 e. The molecule has 0 saturated heterocycles. The fourth-order valence-electron chi connectivity index (χ4n) is 2.37. The Morgan fingerprint density at radius 2 is 2.09 bits per heavy atom. The van der Waals surface area contributed by atoms with Crippen LogP contribution in [0.2, 0.25) is 0 Å². The first-order valence-corrected chi connectivity index (χ1v) is 8.32. The normalized spacial score (nSPS) is 16.6. The lowest BCUT2D eigenvalue weighted by molar-refractivity contribution is -0.139. The van der Waals surface area contributed by atoms with Crippen molar-refractivity contribution in [2.24, 2.45) is 0 Å². The Balaban J connectivity index is 2.28. The minimum atomic E-state index is -0.580. The van der Waals surface area contributed by atoms with Crippen LogP contribution >= 0.6 is 11.8 Å². The first-order chi connectivity index (χ1) is 10.8. The smallest absolute Gasteiger partial charge is 0.342 e. The highest BCUT2D eigenvalue weighted by Gasteiger charge is 2.32. The minimum absolute atomic E-state index is 0.103. The van der Waals surface area contributed by atoms with Gasteiger partial charge in [0.25, 0.3) is 0 Å². The van der Waals surface area contributed by atoms with Crippen molar-refractivity contribution in [1.82, 2.24) is 0 Å². The Labute approximate surface area is 140 Å². The third kappa shape index (κ3) is 3.67. The molecule has 0 spiro atoms. The maximum absolute atomic E-state index is 12.4. The number of thioether (sulfide) groups is 1. The molecule has 0 aliphatic carbocycles. The van der Waals surface area contributed by atoms with Crippen molar-refractivity contribution in [2.45, 2.75) is 33.6 Å². The van der Waals surface area contributed by atoms with Gasteiger partial charge in [0.1, 0.15) is 11.3 Å². The minimum Gasteiger partial charge on any atom is -0.508 e. The summed E-state index contributed by atoms with van der Waals surface area (Å²) in [5.41, 5.74) is 1.69. The molecule has 4 nitrogen and oxygen atoms in total. The summed E-state index contributed by atoms with van der Waals surface area (Å²) in [5.74, 6) is -0.471. The fourth-order valence-corrected chi connectivity index (χ4v) is 3.37. The van der Waals surface area contributed by atoms with E-state index in [4.69, 9.17) is 4.74 Å². The van der Waals surface area contributed by atoms with Gasteiger partial charge in [-0.3, -0.25) is 4.79 Å². The first-order valence-electron chi connectivity index (χ1n) is 7.50. The molecule has 0 bridgehead atoms. The van der Waals surface area contributed by atoms with Gasteiger partial charge in [-0.15, -0.1) is 0 Å². The van der Waals surface area contributed by atoms with Crippen molar-refractivity contribution in [1.29, 1.82) is 0 Å². The van der Waals surface area contributed by atoms with Gasteiger partial charge in [-0.2, -0.15) is 0 Å². The second-order valence-corrected chi connectivity index (χ2v) is 6.82. The van der Waals surface area contributed by atoms with Crippen molar-refractivity contribution >= 4 is 29.6 Å². The number of Topliss-reactive ketones (excluding diaryl/α,β-unsaturated/α-hetero) is 1. The van der Waals surface area contributed by atoms with E-state index >= 15 is 0 Å². The Morgan fingerprint density at radius 1 is 1.39 bits per heavy atom. The summed E-state index contributed by atoms with van der Waals surface area (Å²) < 4.78 is 4.93. The number of esters is 1. The number of ether oxygens (including phenoxy) is 1. The van der Waals surface area contributed by atoms with Crippen LogP contribution in [0.4, 0.5) is 0 Å². The number of allylic oxidation sites excluding steroid dienone is 2. The fraction of sp³-hybridized carbons (Fsp3) is 0.333. The predicted molar refractivity (Wildman–Crippen MR) is 92.1 cm³/mol. The van der Waals surface area contributed by atoms with Gasteiger partial charge in [-0.05, 0) is 43.0 Å². The van der Waals surface area contributed by atoms with Crippen LogP contribution in [0.25, 0.3) is 6.08 Å². The van der Waals surface area contributed by atoms with Gasteiger partial charge in [0, 0.05) is 4.91 Å². The standard InChI is InChI=1S/C18H20O4S/c1-5-22-18(21)16-11(4)23-15(17(16)20)9-12-6-7-13(10(2)3)14(19)8-12/h6-10,19H,5H2,1-4H3/b15-9-. The van der Waals surface area contributed by atoms with Crippen LogP contribution in [0.3, 0.4) is 0 Å². The van der Waals surface area contributed by atoms with Crippen LogP contribution in [-0.4, -0.2) is 23.5 Å². The van der Waals surface area contributed by atoms with Crippen molar-refractivity contribution in [3.8, 4) is 5.75 Å². The zero-order chi connectivity index (χ0) is 17.1. The van der Waals surface area contributed by atoms with Crippen LogP contribution < -0.4 is 0 Å². The summed E-state index contributed by atoms with van der Waals surface area (Å²) >= 11 is 1.26. The molecule has 2 rings (SSSR count). The molecular formula is C18H20O4S. The summed E-state index contributed by atoms with van der Waals surface area (Å²) in [6.45, 7) is 7.67. The summed E-state index contributed by atoms with van der Waals surface area (Å²) in [7, 11) is 0. The lowest BCUT2D eigenvalue weighted by Crippen LogP contribution is -2.14. The van der Waals surface area contributed by atoms with Gasteiger partial charge in [0.2, 0.25) is 5.78 Å². The summed E-state index contributed by atoms with van der Waals surface area (Å²) in [5, 5.41) is 10.1. The quantitative estimate of drug-likeness (QED) is 0.513. The lowest BCUT2D eigenvalue weighted by atomic mass is 10.00. The van der Waals surface area contributed by atoms with E-state index in [0.717, 1.165) is 11.1 Å². The molecule has 1 heterocycles. The average molecular weight is 332 g/mol. The van der Waals surface area contributed by atoms with E-state index in [2.05, 4.69) is 0 Å². The molecule has 0 amide bonds. The highest BCUT2D eigenvalue weighted by atomic mass is 32.2. The van der Waals surface area contributed by atoms with E-state index < -0.39 is 5.97 Å². The third-order valence-corrected chi connectivity index (χ3v) is 4.55. The van der Waals surface area contributed by atoms with Gasteiger partial charge in [0.05, 0.1) is 11.5 Å². The van der Waals surface area contributed by atoms with Crippen LogP contribution in [0.1, 0.15) is 44.7 Å². The highest BCUT2D eigenvalue weighted by molar-refractivity contribution is 8.08. The molecule has 5 heteroatoms. The Kier molecular flexibility index (Phi) is 5.31. The molecule has 0 radical (unpaired) electrons. The molecule has 0 atom stereocenters. The molecule has 0 saturated carbocycles. The topological polar surface area (TPSA) is 63.6 Å². The highest BCUT2D eigenvalue weighted by Crippen LogP contribution is 2.40. The Hall–Kier alpha value is -2.01. The summed E-state index contributed by atoms with van der Waals surface area (Å²) in [6, 6.07) is 5.34.